The number of carbonyl (C=O) groups is 4. The first kappa shape index (κ1) is 23.3. The molecule has 2 aromatic carbocycles. The van der Waals surface area contributed by atoms with Crippen LogP contribution < -0.4 is 9.64 Å². The van der Waals surface area contributed by atoms with E-state index in [1.165, 1.54) is 4.90 Å². The van der Waals surface area contributed by atoms with E-state index in [4.69, 9.17) is 4.74 Å². The Morgan fingerprint density at radius 2 is 1.63 bits per heavy atom. The SMILES string of the molecule is Cc1cc(OC(=O)[C@@H]2CC(=O)N([C@H](C)c3ccccc3)C2)ccc1N1C(=O)[C@@H]2CCCC[C@H]2C1=O. The number of esters is 1. The molecule has 0 bridgehead atoms. The number of rotatable bonds is 5. The second-order valence-corrected chi connectivity index (χ2v) is 9.91. The van der Waals surface area contributed by atoms with E-state index >= 15 is 0 Å². The number of anilines is 1. The third-order valence-corrected chi connectivity index (χ3v) is 7.71. The van der Waals surface area contributed by atoms with Gasteiger partial charge in [0, 0.05) is 13.0 Å². The molecular weight excluding hydrogens is 444 g/mol. The summed E-state index contributed by atoms with van der Waals surface area (Å²) in [5, 5.41) is 0. The number of aryl methyl sites for hydroxylation is 1. The van der Waals surface area contributed by atoms with Crippen LogP contribution in [-0.2, 0) is 19.2 Å². The van der Waals surface area contributed by atoms with E-state index in [9.17, 15) is 19.2 Å². The summed E-state index contributed by atoms with van der Waals surface area (Å²) in [6.07, 6.45) is 3.61. The van der Waals surface area contributed by atoms with Crippen molar-refractivity contribution in [3.05, 3.63) is 59.7 Å². The molecule has 4 atom stereocenters. The lowest BCUT2D eigenvalue weighted by Gasteiger charge is -2.25. The van der Waals surface area contributed by atoms with Gasteiger partial charge in [0.1, 0.15) is 5.75 Å². The monoisotopic (exact) mass is 474 g/mol. The predicted molar refractivity (Wildman–Crippen MR) is 129 cm³/mol. The molecule has 7 nitrogen and oxygen atoms in total. The first-order valence-corrected chi connectivity index (χ1v) is 12.4. The van der Waals surface area contributed by atoms with Gasteiger partial charge in [0.15, 0.2) is 0 Å². The van der Waals surface area contributed by atoms with E-state index < -0.39 is 11.9 Å². The van der Waals surface area contributed by atoms with Gasteiger partial charge in [0.05, 0.1) is 29.5 Å². The maximum Gasteiger partial charge on any atom is 0.316 e. The molecule has 0 N–H and O–H groups in total. The first-order chi connectivity index (χ1) is 16.8. The highest BCUT2D eigenvalue weighted by Gasteiger charge is 2.49. The summed E-state index contributed by atoms with van der Waals surface area (Å²) in [5.41, 5.74) is 2.26. The van der Waals surface area contributed by atoms with Gasteiger partial charge in [0.25, 0.3) is 0 Å². The molecule has 2 aliphatic heterocycles. The highest BCUT2D eigenvalue weighted by molar-refractivity contribution is 6.22. The predicted octanol–water partition coefficient (Wildman–Crippen LogP) is 4.19. The van der Waals surface area contributed by atoms with Crippen LogP contribution in [0.4, 0.5) is 5.69 Å². The molecule has 7 heteroatoms. The Balaban J connectivity index is 1.26. The Hall–Kier alpha value is -3.48. The summed E-state index contributed by atoms with van der Waals surface area (Å²) >= 11 is 0. The molecule has 1 saturated carbocycles. The number of imide groups is 1. The molecule has 182 valence electrons. The molecule has 2 saturated heterocycles. The van der Waals surface area contributed by atoms with E-state index in [1.807, 2.05) is 37.3 Å². The van der Waals surface area contributed by atoms with Crippen LogP contribution in [0.1, 0.15) is 56.2 Å². The van der Waals surface area contributed by atoms with Crippen molar-refractivity contribution in [1.29, 1.82) is 0 Å². The summed E-state index contributed by atoms with van der Waals surface area (Å²) in [5.74, 6) is -1.39. The largest absolute Gasteiger partial charge is 0.426 e. The molecular formula is C28H30N2O5. The van der Waals surface area contributed by atoms with Gasteiger partial charge in [-0.1, -0.05) is 43.2 Å². The molecule has 35 heavy (non-hydrogen) atoms. The summed E-state index contributed by atoms with van der Waals surface area (Å²) in [7, 11) is 0. The molecule has 1 aliphatic carbocycles. The Labute approximate surface area is 205 Å². The van der Waals surface area contributed by atoms with Crippen molar-refractivity contribution in [1.82, 2.24) is 4.90 Å². The van der Waals surface area contributed by atoms with Gasteiger partial charge in [-0.15, -0.1) is 0 Å². The number of likely N-dealkylation sites (tertiary alicyclic amines) is 1. The topological polar surface area (TPSA) is 84.0 Å². The van der Waals surface area contributed by atoms with E-state index in [0.717, 1.165) is 31.2 Å². The van der Waals surface area contributed by atoms with Crippen LogP contribution in [0, 0.1) is 24.7 Å². The lowest BCUT2D eigenvalue weighted by Crippen LogP contribution is -2.31. The van der Waals surface area contributed by atoms with E-state index in [0.29, 0.717) is 23.5 Å². The molecule has 5 rings (SSSR count). The number of benzene rings is 2. The van der Waals surface area contributed by atoms with Crippen LogP contribution in [0.2, 0.25) is 0 Å². The van der Waals surface area contributed by atoms with Gasteiger partial charge in [-0.2, -0.15) is 0 Å². The Bertz CT molecular complexity index is 1150. The lowest BCUT2D eigenvalue weighted by molar-refractivity contribution is -0.139. The summed E-state index contributed by atoms with van der Waals surface area (Å²) in [4.78, 5) is 54.4. The molecule has 0 unspecified atom stereocenters. The van der Waals surface area contributed by atoms with E-state index in [1.54, 1.807) is 30.0 Å². The third-order valence-electron chi connectivity index (χ3n) is 7.71. The van der Waals surface area contributed by atoms with Crippen molar-refractivity contribution in [3.8, 4) is 5.75 Å². The van der Waals surface area contributed by atoms with E-state index in [-0.39, 0.29) is 42.0 Å². The second kappa shape index (κ2) is 9.29. The maximum atomic E-state index is 12.9. The average molecular weight is 475 g/mol. The van der Waals surface area contributed by atoms with Crippen LogP contribution in [0.5, 0.6) is 5.75 Å². The van der Waals surface area contributed by atoms with Crippen LogP contribution in [-0.4, -0.2) is 35.1 Å². The summed E-state index contributed by atoms with van der Waals surface area (Å²) < 4.78 is 5.62. The van der Waals surface area contributed by atoms with Gasteiger partial charge < -0.3 is 9.64 Å². The number of ether oxygens (including phenoxy) is 1. The normalized spacial score (nSPS) is 25.1. The fourth-order valence-electron chi connectivity index (χ4n) is 5.72. The smallest absolute Gasteiger partial charge is 0.316 e. The second-order valence-electron chi connectivity index (χ2n) is 9.91. The van der Waals surface area contributed by atoms with Gasteiger partial charge in [-0.05, 0) is 56.0 Å². The zero-order valence-corrected chi connectivity index (χ0v) is 20.1. The maximum absolute atomic E-state index is 12.9. The first-order valence-electron chi connectivity index (χ1n) is 12.4. The van der Waals surface area contributed by atoms with Crippen LogP contribution in [0.3, 0.4) is 0 Å². The van der Waals surface area contributed by atoms with Crippen molar-refractivity contribution < 1.29 is 23.9 Å². The Morgan fingerprint density at radius 3 is 2.26 bits per heavy atom. The molecule has 3 aliphatic rings. The fourth-order valence-corrected chi connectivity index (χ4v) is 5.72. The zero-order valence-electron chi connectivity index (χ0n) is 20.1. The minimum Gasteiger partial charge on any atom is -0.426 e. The zero-order chi connectivity index (χ0) is 24.7. The Morgan fingerprint density at radius 1 is 0.971 bits per heavy atom. The minimum absolute atomic E-state index is 0.0673. The summed E-state index contributed by atoms with van der Waals surface area (Å²) in [6, 6.07) is 14.6. The third kappa shape index (κ3) is 4.24. The van der Waals surface area contributed by atoms with E-state index in [2.05, 4.69) is 0 Å². The Kier molecular flexibility index (Phi) is 6.17. The summed E-state index contributed by atoms with van der Waals surface area (Å²) in [6.45, 7) is 4.07. The van der Waals surface area contributed by atoms with Crippen LogP contribution >= 0.6 is 0 Å². The quantitative estimate of drug-likeness (QED) is 0.369. The average Bonchev–Trinajstić information content (AvgIpc) is 3.37. The molecule has 3 fully saturated rings. The number of nitrogens with zero attached hydrogens (tertiary/aromatic N) is 2. The van der Waals surface area contributed by atoms with Crippen molar-refractivity contribution in [2.75, 3.05) is 11.4 Å². The van der Waals surface area contributed by atoms with Crippen molar-refractivity contribution in [3.63, 3.8) is 0 Å². The van der Waals surface area contributed by atoms with Crippen molar-refractivity contribution >= 4 is 29.4 Å². The van der Waals surface area contributed by atoms with Crippen LogP contribution in [0.15, 0.2) is 48.5 Å². The van der Waals surface area contributed by atoms with Crippen molar-refractivity contribution in [2.45, 2.75) is 52.0 Å². The highest BCUT2D eigenvalue weighted by Crippen LogP contribution is 2.41. The standard InChI is InChI=1S/C28H30N2O5/c1-17-14-21(12-13-24(17)30-26(32)22-10-6-7-11-23(22)27(30)33)35-28(34)20-15-25(31)29(16-20)18(2)19-8-4-3-5-9-19/h3-5,8-9,12-14,18,20,22-23H,6-7,10-11,15-16H2,1-2H3/t18-,20-,22-,23-/m1/s1. The van der Waals surface area contributed by atoms with Gasteiger partial charge >= 0.3 is 5.97 Å². The number of hydrogen-bond acceptors (Lipinski definition) is 5. The van der Waals surface area contributed by atoms with Gasteiger partial charge in [-0.3, -0.25) is 19.2 Å². The lowest BCUT2D eigenvalue weighted by atomic mass is 9.81. The van der Waals surface area contributed by atoms with Crippen molar-refractivity contribution in [2.24, 2.45) is 17.8 Å². The minimum atomic E-state index is -0.543. The molecule has 0 spiro atoms. The van der Waals surface area contributed by atoms with Crippen LogP contribution in [0.25, 0.3) is 0 Å². The van der Waals surface area contributed by atoms with Gasteiger partial charge in [-0.25, -0.2) is 4.90 Å². The molecule has 2 aromatic rings. The number of carbonyl (C=O) groups excluding carboxylic acids is 4. The molecule has 0 radical (unpaired) electrons. The number of amides is 3. The molecule has 3 amide bonds. The molecule has 0 aromatic heterocycles. The fraction of sp³-hybridized carbons (Fsp3) is 0.429. The number of fused-ring (bicyclic) bond motifs is 1. The number of hydrogen-bond donors (Lipinski definition) is 0. The molecule has 2 heterocycles. The van der Waals surface area contributed by atoms with Gasteiger partial charge in [0.2, 0.25) is 17.7 Å². The highest BCUT2D eigenvalue weighted by atomic mass is 16.5.